The third kappa shape index (κ3) is 2.22. The molecule has 5 rings (SSSR count). The monoisotopic (exact) mass is 323 g/mol. The first-order valence-corrected chi connectivity index (χ1v) is 8.08. The molecule has 0 aromatic carbocycles. The lowest BCUT2D eigenvalue weighted by molar-refractivity contribution is 0.533. The number of fused-ring (bicyclic) bond motifs is 1. The van der Waals surface area contributed by atoms with E-state index in [0.29, 0.717) is 11.8 Å². The Hall–Kier alpha value is -2.90. The molecule has 24 heavy (non-hydrogen) atoms. The van der Waals surface area contributed by atoms with Crippen LogP contribution in [0.5, 0.6) is 0 Å². The molecule has 2 saturated heterocycles. The maximum Gasteiger partial charge on any atom is 0.297 e. The Labute approximate surface area is 138 Å². The minimum Gasteiger partial charge on any atom is -0.432 e. The molecule has 8 heteroatoms. The Balaban J connectivity index is 1.32. The van der Waals surface area contributed by atoms with Crippen LogP contribution in [0.4, 0.5) is 11.8 Å². The number of anilines is 2. The van der Waals surface area contributed by atoms with E-state index in [4.69, 9.17) is 4.42 Å². The van der Waals surface area contributed by atoms with Crippen LogP contribution in [0.25, 0.3) is 5.82 Å². The van der Waals surface area contributed by atoms with E-state index in [1.54, 1.807) is 29.7 Å². The summed E-state index contributed by atoms with van der Waals surface area (Å²) in [5.74, 6) is 2.98. The van der Waals surface area contributed by atoms with Gasteiger partial charge >= 0.3 is 0 Å². The van der Waals surface area contributed by atoms with Gasteiger partial charge in [-0.3, -0.25) is 0 Å². The lowest BCUT2D eigenvalue weighted by atomic mass is 10.0. The first-order chi connectivity index (χ1) is 11.9. The van der Waals surface area contributed by atoms with Crippen LogP contribution in [-0.2, 0) is 0 Å². The molecule has 2 aliphatic rings. The van der Waals surface area contributed by atoms with E-state index in [0.717, 1.165) is 43.8 Å². The summed E-state index contributed by atoms with van der Waals surface area (Å²) in [5, 5.41) is 4.23. The van der Waals surface area contributed by atoms with Gasteiger partial charge in [0.2, 0.25) is 0 Å². The van der Waals surface area contributed by atoms with Crippen molar-refractivity contribution >= 4 is 11.8 Å². The van der Waals surface area contributed by atoms with Gasteiger partial charge in [-0.2, -0.15) is 5.10 Å². The second-order valence-corrected chi connectivity index (χ2v) is 6.33. The van der Waals surface area contributed by atoms with Crippen LogP contribution >= 0.6 is 0 Å². The van der Waals surface area contributed by atoms with Gasteiger partial charge in [-0.15, -0.1) is 0 Å². The van der Waals surface area contributed by atoms with E-state index in [9.17, 15) is 0 Å². The van der Waals surface area contributed by atoms with Crippen LogP contribution in [0.3, 0.4) is 0 Å². The summed E-state index contributed by atoms with van der Waals surface area (Å²) in [6.45, 7) is 3.96. The standard InChI is InChI=1S/C16H17N7O/c1-2-20-23(4-1)15-6-14(18-11-19-15)21-7-12-9-22(10-13(12)8-21)16-17-3-5-24-16/h1-6,11-13H,7-10H2. The molecule has 5 heterocycles. The van der Waals surface area contributed by atoms with E-state index in [1.165, 1.54) is 0 Å². The number of hydrogen-bond acceptors (Lipinski definition) is 7. The first kappa shape index (κ1) is 13.5. The van der Waals surface area contributed by atoms with Gasteiger partial charge in [0.15, 0.2) is 5.82 Å². The number of rotatable bonds is 3. The predicted octanol–water partition coefficient (Wildman–Crippen LogP) is 1.22. The molecule has 0 N–H and O–H groups in total. The van der Waals surface area contributed by atoms with Gasteiger partial charge < -0.3 is 14.2 Å². The largest absolute Gasteiger partial charge is 0.432 e. The minimum atomic E-state index is 0.611. The normalized spacial score (nSPS) is 23.0. The zero-order valence-corrected chi connectivity index (χ0v) is 13.1. The number of nitrogens with zero attached hydrogens (tertiary/aromatic N) is 7. The van der Waals surface area contributed by atoms with Crippen molar-refractivity contribution in [2.45, 2.75) is 0 Å². The highest BCUT2D eigenvalue weighted by Gasteiger charge is 2.41. The molecule has 8 nitrogen and oxygen atoms in total. The molecular formula is C16H17N7O. The lowest BCUT2D eigenvalue weighted by Gasteiger charge is -2.21. The average molecular weight is 323 g/mol. The molecule has 2 unspecified atom stereocenters. The quantitative estimate of drug-likeness (QED) is 0.717. The molecule has 2 aliphatic heterocycles. The zero-order valence-electron chi connectivity index (χ0n) is 13.1. The summed E-state index contributed by atoms with van der Waals surface area (Å²) in [7, 11) is 0. The zero-order chi connectivity index (χ0) is 15.9. The van der Waals surface area contributed by atoms with Crippen molar-refractivity contribution in [3.63, 3.8) is 0 Å². The molecule has 2 fully saturated rings. The van der Waals surface area contributed by atoms with Crippen molar-refractivity contribution in [2.75, 3.05) is 36.0 Å². The maximum absolute atomic E-state index is 5.42. The second kappa shape index (κ2) is 5.33. The highest BCUT2D eigenvalue weighted by atomic mass is 16.4. The van der Waals surface area contributed by atoms with Gasteiger partial charge in [-0.25, -0.2) is 19.6 Å². The van der Waals surface area contributed by atoms with Gasteiger partial charge in [-0.1, -0.05) is 0 Å². The van der Waals surface area contributed by atoms with E-state index in [2.05, 4.69) is 29.9 Å². The highest BCUT2D eigenvalue weighted by Crippen LogP contribution is 2.35. The van der Waals surface area contributed by atoms with Gasteiger partial charge in [-0.05, 0) is 6.07 Å². The van der Waals surface area contributed by atoms with Crippen LogP contribution in [0, 0.1) is 11.8 Å². The van der Waals surface area contributed by atoms with Crippen molar-refractivity contribution in [3.05, 3.63) is 43.3 Å². The SMILES string of the molecule is c1cnn(-c2cc(N3CC4CN(c5ncco5)CC4C3)ncn2)c1. The third-order valence-corrected chi connectivity index (χ3v) is 4.88. The van der Waals surface area contributed by atoms with Crippen molar-refractivity contribution in [3.8, 4) is 5.82 Å². The molecule has 0 spiro atoms. The molecular weight excluding hydrogens is 306 g/mol. The highest BCUT2D eigenvalue weighted by molar-refractivity contribution is 5.45. The smallest absolute Gasteiger partial charge is 0.297 e. The summed E-state index contributed by atoms with van der Waals surface area (Å²) in [4.78, 5) is 17.6. The topological polar surface area (TPSA) is 76.1 Å². The fourth-order valence-electron chi connectivity index (χ4n) is 3.75. The predicted molar refractivity (Wildman–Crippen MR) is 87.1 cm³/mol. The van der Waals surface area contributed by atoms with E-state index in [1.807, 2.05) is 18.3 Å². The minimum absolute atomic E-state index is 0.611. The molecule has 122 valence electrons. The molecule has 0 saturated carbocycles. The summed E-state index contributed by atoms with van der Waals surface area (Å²) >= 11 is 0. The number of oxazole rings is 1. The van der Waals surface area contributed by atoms with E-state index in [-0.39, 0.29) is 0 Å². The van der Waals surface area contributed by atoms with Crippen LogP contribution < -0.4 is 9.80 Å². The van der Waals surface area contributed by atoms with Gasteiger partial charge in [0, 0.05) is 56.5 Å². The molecule has 3 aromatic heterocycles. The van der Waals surface area contributed by atoms with Gasteiger partial charge in [0.1, 0.15) is 18.4 Å². The number of hydrogen-bond donors (Lipinski definition) is 0. The second-order valence-electron chi connectivity index (χ2n) is 6.33. The van der Waals surface area contributed by atoms with Crippen molar-refractivity contribution in [1.82, 2.24) is 24.7 Å². The summed E-state index contributed by atoms with van der Waals surface area (Å²) < 4.78 is 7.18. The van der Waals surface area contributed by atoms with Crippen molar-refractivity contribution < 1.29 is 4.42 Å². The fourth-order valence-corrected chi connectivity index (χ4v) is 3.75. The molecule has 0 radical (unpaired) electrons. The average Bonchev–Trinajstić information content (AvgIpc) is 3.37. The van der Waals surface area contributed by atoms with E-state index >= 15 is 0 Å². The van der Waals surface area contributed by atoms with Crippen LogP contribution in [-0.4, -0.2) is 50.9 Å². The Bertz CT molecular complexity index is 803. The van der Waals surface area contributed by atoms with Crippen molar-refractivity contribution in [2.24, 2.45) is 11.8 Å². The van der Waals surface area contributed by atoms with E-state index < -0.39 is 0 Å². The molecule has 0 bridgehead atoms. The molecule has 0 amide bonds. The summed E-state index contributed by atoms with van der Waals surface area (Å²) in [6.07, 6.45) is 8.58. The van der Waals surface area contributed by atoms with Gasteiger partial charge in [0.05, 0.1) is 6.20 Å². The van der Waals surface area contributed by atoms with Crippen LogP contribution in [0.2, 0.25) is 0 Å². The summed E-state index contributed by atoms with van der Waals surface area (Å²) in [5.41, 5.74) is 0. The Kier molecular flexibility index (Phi) is 3.00. The third-order valence-electron chi connectivity index (χ3n) is 4.88. The Morgan fingerprint density at radius 2 is 1.71 bits per heavy atom. The van der Waals surface area contributed by atoms with Crippen LogP contribution in [0.1, 0.15) is 0 Å². The molecule has 3 aromatic rings. The fraction of sp³-hybridized carbons (Fsp3) is 0.375. The van der Waals surface area contributed by atoms with Gasteiger partial charge in [0.25, 0.3) is 6.01 Å². The van der Waals surface area contributed by atoms with Crippen LogP contribution in [0.15, 0.2) is 47.7 Å². The molecule has 2 atom stereocenters. The van der Waals surface area contributed by atoms with Crippen molar-refractivity contribution in [1.29, 1.82) is 0 Å². The Morgan fingerprint density at radius 1 is 0.917 bits per heavy atom. The lowest BCUT2D eigenvalue weighted by Crippen LogP contribution is -2.29. The maximum atomic E-state index is 5.42. The Morgan fingerprint density at radius 3 is 2.42 bits per heavy atom. The summed E-state index contributed by atoms with van der Waals surface area (Å²) in [6, 6.07) is 4.62. The first-order valence-electron chi connectivity index (χ1n) is 8.08. The number of aromatic nitrogens is 5. The molecule has 0 aliphatic carbocycles.